The second-order valence-electron chi connectivity index (χ2n) is 8.34. The molecule has 0 aliphatic carbocycles. The lowest BCUT2D eigenvalue weighted by Gasteiger charge is -2.30. The third-order valence-electron chi connectivity index (χ3n) is 6.15. The van der Waals surface area contributed by atoms with Gasteiger partial charge in [-0.25, -0.2) is 4.98 Å². The zero-order chi connectivity index (χ0) is 22.9. The van der Waals surface area contributed by atoms with Gasteiger partial charge in [0.15, 0.2) is 0 Å². The van der Waals surface area contributed by atoms with Gasteiger partial charge in [0.1, 0.15) is 12.4 Å². The molecule has 2 amide bonds. The van der Waals surface area contributed by atoms with E-state index in [1.54, 1.807) is 30.3 Å². The number of carbonyl (C=O) groups excluding carboxylic acids is 2. The standard InChI is InChI=1S/C26H23N3O4/c30-23(31)16-29-25(32)20-10-4-3-9-19(20)21(26(29)33)15-18-14-17-8-2-5-11-22(17)27-24(18)28-12-6-1-7-13-28/h2-5,8-11,14-15H,1,6-7,12-13,16H2,(H,30,31)/b21-15+. The van der Waals surface area contributed by atoms with E-state index in [0.29, 0.717) is 16.7 Å². The van der Waals surface area contributed by atoms with Gasteiger partial charge in [-0.05, 0) is 49.1 Å². The van der Waals surface area contributed by atoms with Crippen molar-refractivity contribution in [2.24, 2.45) is 0 Å². The number of aromatic nitrogens is 1. The van der Waals surface area contributed by atoms with Crippen LogP contribution in [-0.2, 0) is 9.59 Å². The summed E-state index contributed by atoms with van der Waals surface area (Å²) in [6.45, 7) is 1.09. The molecule has 2 aliphatic heterocycles. The van der Waals surface area contributed by atoms with Crippen LogP contribution in [0.15, 0.2) is 54.6 Å². The van der Waals surface area contributed by atoms with E-state index in [0.717, 1.165) is 53.1 Å². The molecule has 2 aromatic carbocycles. The number of aliphatic carboxylic acids is 1. The van der Waals surface area contributed by atoms with E-state index >= 15 is 0 Å². The number of carbonyl (C=O) groups is 3. The van der Waals surface area contributed by atoms with Gasteiger partial charge in [0.25, 0.3) is 11.8 Å². The topological polar surface area (TPSA) is 90.8 Å². The molecular weight excluding hydrogens is 418 g/mol. The Morgan fingerprint density at radius 1 is 0.939 bits per heavy atom. The summed E-state index contributed by atoms with van der Waals surface area (Å²) in [6.07, 6.45) is 5.09. The average Bonchev–Trinajstić information content (AvgIpc) is 2.84. The highest BCUT2D eigenvalue weighted by atomic mass is 16.4. The van der Waals surface area contributed by atoms with Crippen LogP contribution in [0.1, 0.15) is 40.7 Å². The molecular formula is C26H23N3O4. The Kier molecular flexibility index (Phi) is 5.38. The molecule has 2 aliphatic rings. The number of nitrogens with zero attached hydrogens (tertiary/aromatic N) is 3. The predicted octanol–water partition coefficient (Wildman–Crippen LogP) is 3.83. The van der Waals surface area contributed by atoms with E-state index in [9.17, 15) is 19.5 Å². The first kappa shape index (κ1) is 20.9. The summed E-state index contributed by atoms with van der Waals surface area (Å²) in [4.78, 5) is 45.5. The van der Waals surface area contributed by atoms with Crippen molar-refractivity contribution in [3.63, 3.8) is 0 Å². The van der Waals surface area contributed by atoms with Crippen LogP contribution in [-0.4, -0.2) is 52.4 Å². The molecule has 1 saturated heterocycles. The predicted molar refractivity (Wildman–Crippen MR) is 126 cm³/mol. The number of hydrogen-bond acceptors (Lipinski definition) is 5. The molecule has 0 bridgehead atoms. The van der Waals surface area contributed by atoms with Crippen molar-refractivity contribution in [2.45, 2.75) is 19.3 Å². The Labute approximate surface area is 191 Å². The smallest absolute Gasteiger partial charge is 0.323 e. The zero-order valence-electron chi connectivity index (χ0n) is 18.0. The van der Waals surface area contributed by atoms with Crippen molar-refractivity contribution >= 4 is 46.2 Å². The molecule has 1 aromatic heterocycles. The highest BCUT2D eigenvalue weighted by Gasteiger charge is 2.36. The lowest BCUT2D eigenvalue weighted by molar-refractivity contribution is -0.141. The highest BCUT2D eigenvalue weighted by molar-refractivity contribution is 6.34. The molecule has 3 aromatic rings. The molecule has 5 rings (SSSR count). The minimum absolute atomic E-state index is 0.293. The fraction of sp³-hybridized carbons (Fsp3) is 0.231. The number of anilines is 1. The molecule has 0 spiro atoms. The summed E-state index contributed by atoms with van der Waals surface area (Å²) >= 11 is 0. The number of rotatable bonds is 4. The summed E-state index contributed by atoms with van der Waals surface area (Å²) in [7, 11) is 0. The van der Waals surface area contributed by atoms with Crippen LogP contribution in [0.4, 0.5) is 5.82 Å². The molecule has 7 nitrogen and oxygen atoms in total. The molecule has 1 N–H and O–H groups in total. The van der Waals surface area contributed by atoms with Crippen LogP contribution in [0.3, 0.4) is 0 Å². The average molecular weight is 441 g/mol. The van der Waals surface area contributed by atoms with E-state index in [1.807, 2.05) is 30.3 Å². The molecule has 0 atom stereocenters. The number of benzene rings is 2. The Morgan fingerprint density at radius 3 is 2.39 bits per heavy atom. The van der Waals surface area contributed by atoms with Crippen molar-refractivity contribution in [3.05, 3.63) is 71.3 Å². The number of imide groups is 1. The second kappa shape index (κ2) is 8.50. The molecule has 0 unspecified atom stereocenters. The SMILES string of the molecule is O=C(O)CN1C(=O)/C(=C/c2cc3ccccc3nc2N2CCCCC2)c2ccccc2C1=O. The number of fused-ring (bicyclic) bond motifs is 2. The summed E-state index contributed by atoms with van der Waals surface area (Å²) in [5, 5.41) is 10.2. The van der Waals surface area contributed by atoms with Crippen LogP contribution in [0, 0.1) is 0 Å². The molecule has 3 heterocycles. The third-order valence-corrected chi connectivity index (χ3v) is 6.15. The number of carboxylic acid groups (broad SMARTS) is 1. The molecule has 166 valence electrons. The Hall–Kier alpha value is -4.00. The van der Waals surface area contributed by atoms with E-state index in [-0.39, 0.29) is 0 Å². The van der Waals surface area contributed by atoms with Gasteiger partial charge in [0.2, 0.25) is 0 Å². The van der Waals surface area contributed by atoms with Gasteiger partial charge in [-0.1, -0.05) is 36.4 Å². The Bertz CT molecular complexity index is 1310. The third kappa shape index (κ3) is 3.86. The number of pyridine rings is 1. The normalized spacial score (nSPS) is 17.5. The van der Waals surface area contributed by atoms with Crippen LogP contribution in [0.2, 0.25) is 0 Å². The fourth-order valence-corrected chi connectivity index (χ4v) is 4.56. The van der Waals surface area contributed by atoms with Gasteiger partial charge >= 0.3 is 5.97 Å². The summed E-state index contributed by atoms with van der Waals surface area (Å²) < 4.78 is 0. The van der Waals surface area contributed by atoms with Crippen molar-refractivity contribution in [1.29, 1.82) is 0 Å². The molecule has 33 heavy (non-hydrogen) atoms. The first-order chi connectivity index (χ1) is 16.0. The Morgan fingerprint density at radius 2 is 1.64 bits per heavy atom. The molecule has 0 saturated carbocycles. The quantitative estimate of drug-likeness (QED) is 0.489. The lowest BCUT2D eigenvalue weighted by Crippen LogP contribution is -2.44. The van der Waals surface area contributed by atoms with Gasteiger partial charge in [0, 0.05) is 35.2 Å². The van der Waals surface area contributed by atoms with E-state index in [1.165, 1.54) is 6.42 Å². The van der Waals surface area contributed by atoms with Crippen molar-refractivity contribution in [2.75, 3.05) is 24.5 Å². The van der Waals surface area contributed by atoms with E-state index in [4.69, 9.17) is 4.98 Å². The Balaban J connectivity index is 1.70. The van der Waals surface area contributed by atoms with Crippen molar-refractivity contribution < 1.29 is 19.5 Å². The molecule has 1 fully saturated rings. The van der Waals surface area contributed by atoms with E-state index in [2.05, 4.69) is 4.90 Å². The van der Waals surface area contributed by atoms with Gasteiger partial charge in [0.05, 0.1) is 5.52 Å². The number of carboxylic acids is 1. The van der Waals surface area contributed by atoms with Crippen molar-refractivity contribution in [1.82, 2.24) is 9.88 Å². The van der Waals surface area contributed by atoms with Crippen molar-refractivity contribution in [3.8, 4) is 0 Å². The van der Waals surface area contributed by atoms with Gasteiger partial charge in [-0.3, -0.25) is 19.3 Å². The highest BCUT2D eigenvalue weighted by Crippen LogP contribution is 2.34. The van der Waals surface area contributed by atoms with Crippen LogP contribution < -0.4 is 4.90 Å². The lowest BCUT2D eigenvalue weighted by atomic mass is 9.91. The van der Waals surface area contributed by atoms with Crippen LogP contribution in [0.25, 0.3) is 22.6 Å². The minimum atomic E-state index is -1.24. The monoisotopic (exact) mass is 441 g/mol. The second-order valence-corrected chi connectivity index (χ2v) is 8.34. The summed E-state index contributed by atoms with van der Waals surface area (Å²) in [6, 6.07) is 16.7. The van der Waals surface area contributed by atoms with Crippen LogP contribution >= 0.6 is 0 Å². The first-order valence-electron chi connectivity index (χ1n) is 11.1. The maximum absolute atomic E-state index is 13.3. The maximum Gasteiger partial charge on any atom is 0.323 e. The first-order valence-corrected chi connectivity index (χ1v) is 11.1. The number of para-hydroxylation sites is 1. The van der Waals surface area contributed by atoms with Gasteiger partial charge < -0.3 is 10.0 Å². The summed E-state index contributed by atoms with van der Waals surface area (Å²) in [5.74, 6) is -1.65. The molecule has 7 heteroatoms. The minimum Gasteiger partial charge on any atom is -0.480 e. The number of hydrogen-bond donors (Lipinski definition) is 1. The largest absolute Gasteiger partial charge is 0.480 e. The van der Waals surface area contributed by atoms with Gasteiger partial charge in [-0.2, -0.15) is 0 Å². The summed E-state index contributed by atoms with van der Waals surface area (Å²) in [5.41, 5.74) is 2.77. The fourth-order valence-electron chi connectivity index (χ4n) is 4.56. The molecule has 0 radical (unpaired) electrons. The maximum atomic E-state index is 13.3. The zero-order valence-corrected chi connectivity index (χ0v) is 18.0. The number of amides is 2. The van der Waals surface area contributed by atoms with Crippen LogP contribution in [0.5, 0.6) is 0 Å². The van der Waals surface area contributed by atoms with Gasteiger partial charge in [-0.15, -0.1) is 0 Å². The number of piperidine rings is 1. The van der Waals surface area contributed by atoms with E-state index < -0.39 is 24.3 Å².